The van der Waals surface area contributed by atoms with Crippen molar-refractivity contribution in [2.75, 3.05) is 27.3 Å². The van der Waals surface area contributed by atoms with Crippen LogP contribution in [0.4, 0.5) is 0 Å². The van der Waals surface area contributed by atoms with Crippen LogP contribution in [0, 0.1) is 5.92 Å². The van der Waals surface area contributed by atoms with Gasteiger partial charge in [0.1, 0.15) is 11.5 Å². The summed E-state index contributed by atoms with van der Waals surface area (Å²) in [4.78, 5) is 2.47. The van der Waals surface area contributed by atoms with E-state index in [0.717, 1.165) is 31.1 Å². The largest absolute Gasteiger partial charge is 0.497 e. The molecule has 20 heavy (non-hydrogen) atoms. The Hall–Kier alpha value is -1.26. The number of hydrogen-bond donors (Lipinski definition) is 1. The predicted octanol–water partition coefficient (Wildman–Crippen LogP) is 2.26. The summed E-state index contributed by atoms with van der Waals surface area (Å²) in [5, 5.41) is 0. The van der Waals surface area contributed by atoms with Crippen LogP contribution < -0.4 is 15.2 Å². The number of likely N-dealkylation sites (tertiary alicyclic amines) is 1. The molecule has 0 aromatic heterocycles. The van der Waals surface area contributed by atoms with Crippen LogP contribution in [0.1, 0.15) is 25.3 Å². The van der Waals surface area contributed by atoms with Crippen molar-refractivity contribution in [2.24, 2.45) is 11.7 Å². The molecule has 1 saturated heterocycles. The van der Waals surface area contributed by atoms with E-state index in [1.165, 1.54) is 18.4 Å². The van der Waals surface area contributed by atoms with Crippen molar-refractivity contribution in [3.63, 3.8) is 0 Å². The Labute approximate surface area is 121 Å². The highest BCUT2D eigenvalue weighted by Crippen LogP contribution is 2.27. The van der Waals surface area contributed by atoms with Gasteiger partial charge in [-0.25, -0.2) is 0 Å². The number of benzene rings is 1. The maximum absolute atomic E-state index is 6.05. The van der Waals surface area contributed by atoms with Gasteiger partial charge in [0.15, 0.2) is 0 Å². The standard InChI is InChI=1S/C16H26N2O2/c1-12(17)13-5-4-8-18(10-13)11-14-6-7-15(19-2)9-16(14)20-3/h6-7,9,12-13H,4-5,8,10-11,17H2,1-3H3. The molecule has 0 amide bonds. The molecule has 4 nitrogen and oxygen atoms in total. The van der Waals surface area contributed by atoms with Crippen molar-refractivity contribution in [2.45, 2.75) is 32.4 Å². The molecule has 0 spiro atoms. The van der Waals surface area contributed by atoms with Crippen molar-refractivity contribution < 1.29 is 9.47 Å². The van der Waals surface area contributed by atoms with Crippen LogP contribution in [0.5, 0.6) is 11.5 Å². The molecule has 1 aromatic rings. The van der Waals surface area contributed by atoms with Crippen molar-refractivity contribution in [1.82, 2.24) is 4.90 Å². The molecule has 1 aliphatic rings. The van der Waals surface area contributed by atoms with E-state index in [0.29, 0.717) is 5.92 Å². The van der Waals surface area contributed by atoms with E-state index >= 15 is 0 Å². The molecule has 4 heteroatoms. The molecule has 1 aliphatic heterocycles. The molecule has 2 rings (SSSR count). The fourth-order valence-corrected chi connectivity index (χ4v) is 2.89. The van der Waals surface area contributed by atoms with Crippen molar-refractivity contribution in [1.29, 1.82) is 0 Å². The van der Waals surface area contributed by atoms with Crippen LogP contribution in [0.2, 0.25) is 0 Å². The Bertz CT molecular complexity index is 434. The first-order valence-corrected chi connectivity index (χ1v) is 7.33. The second-order valence-corrected chi connectivity index (χ2v) is 5.67. The van der Waals surface area contributed by atoms with Crippen molar-refractivity contribution in [3.8, 4) is 11.5 Å². The Morgan fingerprint density at radius 1 is 1.35 bits per heavy atom. The van der Waals surface area contributed by atoms with Gasteiger partial charge >= 0.3 is 0 Å². The number of hydrogen-bond acceptors (Lipinski definition) is 4. The zero-order chi connectivity index (χ0) is 14.5. The quantitative estimate of drug-likeness (QED) is 0.897. The van der Waals surface area contributed by atoms with E-state index in [4.69, 9.17) is 15.2 Å². The summed E-state index contributed by atoms with van der Waals surface area (Å²) < 4.78 is 10.7. The zero-order valence-electron chi connectivity index (χ0n) is 12.8. The van der Waals surface area contributed by atoms with Crippen molar-refractivity contribution >= 4 is 0 Å². The molecule has 1 heterocycles. The smallest absolute Gasteiger partial charge is 0.127 e. The van der Waals surface area contributed by atoms with E-state index in [9.17, 15) is 0 Å². The van der Waals surface area contributed by atoms with Gasteiger partial charge in [0.05, 0.1) is 14.2 Å². The van der Waals surface area contributed by atoms with Crippen LogP contribution >= 0.6 is 0 Å². The topological polar surface area (TPSA) is 47.7 Å². The number of piperidine rings is 1. The third kappa shape index (κ3) is 3.64. The molecular formula is C16H26N2O2. The van der Waals surface area contributed by atoms with Gasteiger partial charge < -0.3 is 15.2 Å². The lowest BCUT2D eigenvalue weighted by Crippen LogP contribution is -2.41. The van der Waals surface area contributed by atoms with Gasteiger partial charge in [0, 0.05) is 30.8 Å². The van der Waals surface area contributed by atoms with Gasteiger partial charge in [0.2, 0.25) is 0 Å². The molecule has 2 atom stereocenters. The van der Waals surface area contributed by atoms with E-state index in [2.05, 4.69) is 17.9 Å². The van der Waals surface area contributed by atoms with Crippen LogP contribution in [0.15, 0.2) is 18.2 Å². The highest BCUT2D eigenvalue weighted by atomic mass is 16.5. The molecule has 2 N–H and O–H groups in total. The molecule has 0 aliphatic carbocycles. The summed E-state index contributed by atoms with van der Waals surface area (Å²) >= 11 is 0. The van der Waals surface area contributed by atoms with E-state index in [-0.39, 0.29) is 6.04 Å². The van der Waals surface area contributed by atoms with E-state index < -0.39 is 0 Å². The lowest BCUT2D eigenvalue weighted by Gasteiger charge is -2.34. The number of ether oxygens (including phenoxy) is 2. The number of methoxy groups -OCH3 is 2. The minimum absolute atomic E-state index is 0.274. The van der Waals surface area contributed by atoms with Crippen LogP contribution in [-0.4, -0.2) is 38.3 Å². The summed E-state index contributed by atoms with van der Waals surface area (Å²) in [5.74, 6) is 2.33. The molecule has 0 bridgehead atoms. The minimum Gasteiger partial charge on any atom is -0.497 e. The fraction of sp³-hybridized carbons (Fsp3) is 0.625. The Morgan fingerprint density at radius 2 is 2.15 bits per heavy atom. The second-order valence-electron chi connectivity index (χ2n) is 5.67. The molecule has 112 valence electrons. The number of nitrogens with two attached hydrogens (primary N) is 1. The first kappa shape index (κ1) is 15.1. The fourth-order valence-electron chi connectivity index (χ4n) is 2.89. The van der Waals surface area contributed by atoms with Crippen LogP contribution in [0.25, 0.3) is 0 Å². The third-order valence-electron chi connectivity index (χ3n) is 4.17. The van der Waals surface area contributed by atoms with Crippen molar-refractivity contribution in [3.05, 3.63) is 23.8 Å². The Morgan fingerprint density at radius 3 is 2.80 bits per heavy atom. The lowest BCUT2D eigenvalue weighted by molar-refractivity contribution is 0.153. The summed E-state index contributed by atoms with van der Waals surface area (Å²) in [6.07, 6.45) is 2.47. The summed E-state index contributed by atoms with van der Waals surface area (Å²) in [6.45, 7) is 5.24. The van der Waals surface area contributed by atoms with Gasteiger partial charge in [-0.2, -0.15) is 0 Å². The first-order chi connectivity index (χ1) is 9.63. The Balaban J connectivity index is 2.05. The second kappa shape index (κ2) is 6.95. The average molecular weight is 278 g/mol. The average Bonchev–Trinajstić information content (AvgIpc) is 2.48. The SMILES string of the molecule is COc1ccc(CN2CCCC(C(C)N)C2)c(OC)c1. The van der Waals surface area contributed by atoms with E-state index in [1.54, 1.807) is 14.2 Å². The minimum atomic E-state index is 0.274. The summed E-state index contributed by atoms with van der Waals surface area (Å²) in [5.41, 5.74) is 7.26. The zero-order valence-corrected chi connectivity index (χ0v) is 12.8. The van der Waals surface area contributed by atoms with Crippen LogP contribution in [0.3, 0.4) is 0 Å². The van der Waals surface area contributed by atoms with Gasteiger partial charge in [0.25, 0.3) is 0 Å². The molecule has 1 fully saturated rings. The van der Waals surface area contributed by atoms with Crippen LogP contribution in [-0.2, 0) is 6.54 Å². The molecular weight excluding hydrogens is 252 g/mol. The number of rotatable bonds is 5. The summed E-state index contributed by atoms with van der Waals surface area (Å²) in [6, 6.07) is 6.30. The highest BCUT2D eigenvalue weighted by molar-refractivity contribution is 5.40. The summed E-state index contributed by atoms with van der Waals surface area (Å²) in [7, 11) is 3.38. The van der Waals surface area contributed by atoms with Gasteiger partial charge in [-0.15, -0.1) is 0 Å². The maximum Gasteiger partial charge on any atom is 0.127 e. The first-order valence-electron chi connectivity index (χ1n) is 7.33. The monoisotopic (exact) mass is 278 g/mol. The molecule has 1 aromatic carbocycles. The Kier molecular flexibility index (Phi) is 5.26. The third-order valence-corrected chi connectivity index (χ3v) is 4.17. The normalized spacial score (nSPS) is 21.5. The highest BCUT2D eigenvalue weighted by Gasteiger charge is 2.23. The maximum atomic E-state index is 6.05. The predicted molar refractivity (Wildman–Crippen MR) is 81.2 cm³/mol. The molecule has 2 unspecified atom stereocenters. The number of nitrogens with zero attached hydrogens (tertiary/aromatic N) is 1. The van der Waals surface area contributed by atoms with Gasteiger partial charge in [-0.3, -0.25) is 4.90 Å². The molecule has 0 saturated carbocycles. The van der Waals surface area contributed by atoms with Gasteiger partial charge in [-0.05, 0) is 38.3 Å². The lowest BCUT2D eigenvalue weighted by atomic mass is 9.92. The molecule has 0 radical (unpaired) electrons. The van der Waals surface area contributed by atoms with Gasteiger partial charge in [-0.1, -0.05) is 6.07 Å². The van der Waals surface area contributed by atoms with E-state index in [1.807, 2.05) is 12.1 Å².